The van der Waals surface area contributed by atoms with Gasteiger partial charge in [0.15, 0.2) is 0 Å². The molecule has 11 heavy (non-hydrogen) atoms. The van der Waals surface area contributed by atoms with Crippen LogP contribution in [0.5, 0.6) is 0 Å². The third kappa shape index (κ3) is 3.23. The number of hydrogen-bond acceptors (Lipinski definition) is 3. The van der Waals surface area contributed by atoms with E-state index in [1.165, 1.54) is 19.3 Å². The topological polar surface area (TPSA) is 58.6 Å². The second kappa shape index (κ2) is 4.18. The van der Waals surface area contributed by atoms with Crippen LogP contribution in [-0.2, 0) is 4.84 Å². The molecule has 0 aromatic rings. The average molecular weight is 159 g/mol. The molecular weight excluding hydrogens is 146 g/mol. The molecule has 1 aliphatic rings. The summed E-state index contributed by atoms with van der Waals surface area (Å²) in [5.41, 5.74) is 2.52. The van der Waals surface area contributed by atoms with Crippen LogP contribution >= 0.6 is 0 Å². The summed E-state index contributed by atoms with van der Waals surface area (Å²) in [6.45, 7) is 0. The van der Waals surface area contributed by atoms with Crippen LogP contribution in [0.25, 0.3) is 0 Å². The Bertz CT molecular complexity index is 132. The molecule has 0 aliphatic heterocycles. The van der Waals surface area contributed by atoms with E-state index in [1.54, 1.807) is 0 Å². The Labute approximate surface area is 65.5 Å². The number of carboxylic acid groups (broad SMARTS) is 1. The van der Waals surface area contributed by atoms with Gasteiger partial charge in [0.25, 0.3) is 0 Å². The van der Waals surface area contributed by atoms with Gasteiger partial charge in [-0.3, -0.25) is 0 Å². The zero-order valence-corrected chi connectivity index (χ0v) is 6.38. The summed E-state index contributed by atoms with van der Waals surface area (Å²) >= 11 is 0. The number of hydroxylamine groups is 1. The summed E-state index contributed by atoms with van der Waals surface area (Å²) in [6, 6.07) is 0.236. The molecule has 0 heterocycles. The van der Waals surface area contributed by atoms with E-state index in [1.807, 2.05) is 0 Å². The maximum Gasteiger partial charge on any atom is 0.525 e. The van der Waals surface area contributed by atoms with Crippen LogP contribution in [0.15, 0.2) is 0 Å². The fraction of sp³-hybridized carbons (Fsp3) is 0.857. The van der Waals surface area contributed by atoms with Gasteiger partial charge in [0.05, 0.1) is 0 Å². The molecule has 0 aromatic heterocycles. The quantitative estimate of drug-likeness (QED) is 0.600. The Morgan fingerprint density at radius 1 is 1.36 bits per heavy atom. The minimum Gasteiger partial charge on any atom is -0.448 e. The molecule has 0 bridgehead atoms. The normalized spacial score (nSPS) is 19.6. The maximum absolute atomic E-state index is 9.96. The molecule has 1 saturated carbocycles. The first-order chi connectivity index (χ1) is 5.29. The molecule has 64 valence electrons. The Morgan fingerprint density at radius 3 is 2.55 bits per heavy atom. The number of carbonyl (C=O) groups is 1. The van der Waals surface area contributed by atoms with Crippen LogP contribution in [0.4, 0.5) is 4.79 Å². The molecule has 0 aromatic carbocycles. The number of nitrogens with one attached hydrogen (secondary N) is 1. The minimum absolute atomic E-state index is 0.236. The smallest absolute Gasteiger partial charge is 0.448 e. The SMILES string of the molecule is O=C(O)ONC1CCCCC1. The lowest BCUT2D eigenvalue weighted by molar-refractivity contribution is 0.0212. The lowest BCUT2D eigenvalue weighted by atomic mass is 9.96. The first kappa shape index (κ1) is 8.33. The van der Waals surface area contributed by atoms with Crippen molar-refractivity contribution >= 4 is 6.16 Å². The zero-order chi connectivity index (χ0) is 8.10. The lowest BCUT2D eigenvalue weighted by Gasteiger charge is -2.20. The first-order valence-electron chi connectivity index (χ1n) is 3.94. The summed E-state index contributed by atoms with van der Waals surface area (Å²) in [7, 11) is 0. The van der Waals surface area contributed by atoms with E-state index in [0.717, 1.165) is 12.8 Å². The van der Waals surface area contributed by atoms with Gasteiger partial charge in [-0.1, -0.05) is 19.3 Å². The molecule has 1 aliphatic carbocycles. The average Bonchev–Trinajstić information content (AvgIpc) is 2.03. The van der Waals surface area contributed by atoms with Gasteiger partial charge in [0.1, 0.15) is 0 Å². The minimum atomic E-state index is -1.25. The second-order valence-electron chi connectivity index (χ2n) is 2.82. The van der Waals surface area contributed by atoms with Crippen LogP contribution in [0.2, 0.25) is 0 Å². The molecule has 1 fully saturated rings. The van der Waals surface area contributed by atoms with Crippen LogP contribution < -0.4 is 5.48 Å². The van der Waals surface area contributed by atoms with Crippen molar-refractivity contribution < 1.29 is 14.7 Å². The van der Waals surface area contributed by atoms with Gasteiger partial charge in [-0.15, -0.1) is 5.48 Å². The summed E-state index contributed by atoms with van der Waals surface area (Å²) in [4.78, 5) is 14.2. The first-order valence-corrected chi connectivity index (χ1v) is 3.94. The van der Waals surface area contributed by atoms with Crippen LogP contribution in [0, 0.1) is 0 Å². The highest BCUT2D eigenvalue weighted by molar-refractivity contribution is 5.56. The van der Waals surface area contributed by atoms with Crippen LogP contribution in [-0.4, -0.2) is 17.3 Å². The van der Waals surface area contributed by atoms with Crippen LogP contribution in [0.1, 0.15) is 32.1 Å². The van der Waals surface area contributed by atoms with E-state index < -0.39 is 6.16 Å². The van der Waals surface area contributed by atoms with E-state index >= 15 is 0 Å². The van der Waals surface area contributed by atoms with Gasteiger partial charge in [-0.25, -0.2) is 4.79 Å². The monoisotopic (exact) mass is 159 g/mol. The van der Waals surface area contributed by atoms with Gasteiger partial charge in [0.2, 0.25) is 0 Å². The van der Waals surface area contributed by atoms with Gasteiger partial charge >= 0.3 is 6.16 Å². The van der Waals surface area contributed by atoms with E-state index in [-0.39, 0.29) is 6.04 Å². The van der Waals surface area contributed by atoms with Crippen molar-refractivity contribution in [3.8, 4) is 0 Å². The second-order valence-corrected chi connectivity index (χ2v) is 2.82. The fourth-order valence-corrected chi connectivity index (χ4v) is 1.35. The highest BCUT2D eigenvalue weighted by Gasteiger charge is 2.13. The maximum atomic E-state index is 9.96. The molecule has 0 radical (unpaired) electrons. The number of hydrogen-bond donors (Lipinski definition) is 2. The molecule has 0 saturated heterocycles. The van der Waals surface area contributed by atoms with E-state index in [4.69, 9.17) is 5.11 Å². The third-order valence-corrected chi connectivity index (χ3v) is 1.92. The largest absolute Gasteiger partial charge is 0.525 e. The standard InChI is InChI=1S/C7H13NO3/c9-7(10)11-8-6-4-2-1-3-5-6/h6,8H,1-5H2,(H,9,10). The predicted octanol–water partition coefficient (Wildman–Crippen LogP) is 1.52. The summed E-state index contributed by atoms with van der Waals surface area (Å²) in [5.74, 6) is 0. The summed E-state index contributed by atoms with van der Waals surface area (Å²) < 4.78 is 0. The third-order valence-electron chi connectivity index (χ3n) is 1.92. The van der Waals surface area contributed by atoms with Crippen molar-refractivity contribution in [2.75, 3.05) is 0 Å². The Hall–Kier alpha value is -0.770. The van der Waals surface area contributed by atoms with E-state index in [0.29, 0.717) is 0 Å². The molecule has 2 N–H and O–H groups in total. The highest BCUT2D eigenvalue weighted by atomic mass is 16.8. The van der Waals surface area contributed by atoms with Crippen molar-refractivity contribution in [3.05, 3.63) is 0 Å². The molecule has 0 amide bonds. The van der Waals surface area contributed by atoms with E-state index in [9.17, 15) is 4.79 Å². The van der Waals surface area contributed by atoms with Gasteiger partial charge in [0, 0.05) is 6.04 Å². The zero-order valence-electron chi connectivity index (χ0n) is 6.38. The molecule has 4 nitrogen and oxygen atoms in total. The number of rotatable bonds is 2. The molecule has 0 spiro atoms. The van der Waals surface area contributed by atoms with Gasteiger partial charge < -0.3 is 9.94 Å². The Morgan fingerprint density at radius 2 is 2.00 bits per heavy atom. The van der Waals surface area contributed by atoms with Crippen LogP contribution in [0.3, 0.4) is 0 Å². The Balaban J connectivity index is 2.09. The Kier molecular flexibility index (Phi) is 3.16. The van der Waals surface area contributed by atoms with Crippen molar-refractivity contribution in [1.82, 2.24) is 5.48 Å². The molecule has 0 unspecified atom stereocenters. The van der Waals surface area contributed by atoms with Gasteiger partial charge in [-0.05, 0) is 12.8 Å². The highest BCUT2D eigenvalue weighted by Crippen LogP contribution is 2.16. The fourth-order valence-electron chi connectivity index (χ4n) is 1.35. The molecule has 1 rings (SSSR count). The van der Waals surface area contributed by atoms with E-state index in [2.05, 4.69) is 10.3 Å². The summed E-state index contributed by atoms with van der Waals surface area (Å²) in [5, 5.41) is 8.16. The van der Waals surface area contributed by atoms with Crippen molar-refractivity contribution in [1.29, 1.82) is 0 Å². The molecule has 4 heteroatoms. The molecular formula is C7H13NO3. The molecule has 0 atom stereocenters. The van der Waals surface area contributed by atoms with Crippen molar-refractivity contribution in [2.24, 2.45) is 0 Å². The van der Waals surface area contributed by atoms with Crippen molar-refractivity contribution in [3.63, 3.8) is 0 Å². The van der Waals surface area contributed by atoms with Crippen molar-refractivity contribution in [2.45, 2.75) is 38.1 Å². The predicted molar refractivity (Wildman–Crippen MR) is 39.1 cm³/mol. The van der Waals surface area contributed by atoms with Gasteiger partial charge in [-0.2, -0.15) is 0 Å². The summed E-state index contributed by atoms with van der Waals surface area (Å²) in [6.07, 6.45) is 4.38. The lowest BCUT2D eigenvalue weighted by Crippen LogP contribution is -2.32.